The van der Waals surface area contributed by atoms with Crippen molar-refractivity contribution in [1.29, 1.82) is 0 Å². The van der Waals surface area contributed by atoms with Gasteiger partial charge in [-0.05, 0) is 52.7 Å². The summed E-state index contributed by atoms with van der Waals surface area (Å²) in [5, 5.41) is 0. The topological polar surface area (TPSA) is 26.3 Å². The first-order chi connectivity index (χ1) is 8.83. The lowest BCUT2D eigenvalue weighted by molar-refractivity contribution is -0.143. The Labute approximate surface area is 121 Å². The molecule has 0 spiro atoms. The lowest BCUT2D eigenvalue weighted by atomic mass is 10.1. The highest BCUT2D eigenvalue weighted by Crippen LogP contribution is 2.42. The molecule has 0 aliphatic heterocycles. The van der Waals surface area contributed by atoms with Crippen LogP contribution >= 0.6 is 27.7 Å². The summed E-state index contributed by atoms with van der Waals surface area (Å²) in [7, 11) is 0. The van der Waals surface area contributed by atoms with Crippen LogP contribution in [0.3, 0.4) is 0 Å². The summed E-state index contributed by atoms with van der Waals surface area (Å²) < 4.78 is 42.5. The number of halogens is 4. The van der Waals surface area contributed by atoms with E-state index in [1.54, 1.807) is 25.1 Å². The van der Waals surface area contributed by atoms with Crippen LogP contribution in [0.1, 0.15) is 18.9 Å². The molecule has 0 aliphatic carbocycles. The number of alkyl halides is 3. The molecule has 0 unspecified atom stereocenters. The predicted molar refractivity (Wildman–Crippen MR) is 71.0 cm³/mol. The molecule has 0 bridgehead atoms. The molecule has 0 amide bonds. The molecule has 0 radical (unpaired) electrons. The minimum Gasteiger partial charge on any atom is -0.466 e. The molecule has 1 aromatic rings. The van der Waals surface area contributed by atoms with Crippen LogP contribution in [0.15, 0.2) is 27.6 Å². The van der Waals surface area contributed by atoms with Crippen LogP contribution < -0.4 is 0 Å². The van der Waals surface area contributed by atoms with Gasteiger partial charge in [-0.15, -0.1) is 0 Å². The van der Waals surface area contributed by atoms with E-state index in [9.17, 15) is 18.0 Å². The van der Waals surface area contributed by atoms with Crippen LogP contribution in [-0.2, 0) is 16.0 Å². The molecule has 0 fully saturated rings. The molecule has 2 nitrogen and oxygen atoms in total. The standard InChI is InChI=1S/C12H12BrF3O2S/c1-2-18-10(17)7-6-8-4-3-5-9(13)11(8)19-12(14,15)16/h3-5H,2,6-7H2,1H3. The number of aryl methyl sites for hydroxylation is 1. The van der Waals surface area contributed by atoms with Crippen LogP contribution in [0.5, 0.6) is 0 Å². The van der Waals surface area contributed by atoms with Crippen molar-refractivity contribution in [3.05, 3.63) is 28.2 Å². The first kappa shape index (κ1) is 16.4. The SMILES string of the molecule is CCOC(=O)CCc1cccc(Br)c1SC(F)(F)F. The fourth-order valence-electron chi connectivity index (χ4n) is 1.45. The van der Waals surface area contributed by atoms with Crippen molar-refractivity contribution in [3.63, 3.8) is 0 Å². The van der Waals surface area contributed by atoms with Crippen LogP contribution in [-0.4, -0.2) is 18.1 Å². The Bertz CT molecular complexity index is 449. The Morgan fingerprint density at radius 3 is 2.68 bits per heavy atom. The lowest BCUT2D eigenvalue weighted by Gasteiger charge is -2.12. The van der Waals surface area contributed by atoms with Crippen molar-refractivity contribution < 1.29 is 22.7 Å². The Balaban J connectivity index is 2.82. The highest BCUT2D eigenvalue weighted by atomic mass is 79.9. The fraction of sp³-hybridized carbons (Fsp3) is 0.417. The largest absolute Gasteiger partial charge is 0.466 e. The zero-order chi connectivity index (χ0) is 14.5. The van der Waals surface area contributed by atoms with Crippen LogP contribution in [0.25, 0.3) is 0 Å². The highest BCUT2D eigenvalue weighted by molar-refractivity contribution is 9.10. The number of carbonyl (C=O) groups excluding carboxylic acids is 1. The van der Waals surface area contributed by atoms with Gasteiger partial charge in [0.2, 0.25) is 0 Å². The fourth-order valence-corrected chi connectivity index (χ4v) is 2.80. The third-order valence-corrected chi connectivity index (χ3v) is 4.01. The van der Waals surface area contributed by atoms with Gasteiger partial charge in [0.05, 0.1) is 6.61 Å². The van der Waals surface area contributed by atoms with Crippen molar-refractivity contribution in [2.45, 2.75) is 30.2 Å². The second kappa shape index (κ2) is 7.19. The molecular weight excluding hydrogens is 345 g/mol. The Morgan fingerprint density at radius 1 is 1.42 bits per heavy atom. The number of hydrogen-bond acceptors (Lipinski definition) is 3. The van der Waals surface area contributed by atoms with Gasteiger partial charge in [0.15, 0.2) is 0 Å². The molecule has 0 aromatic heterocycles. The number of hydrogen-bond donors (Lipinski definition) is 0. The van der Waals surface area contributed by atoms with Gasteiger partial charge >= 0.3 is 11.5 Å². The summed E-state index contributed by atoms with van der Waals surface area (Å²) in [5.41, 5.74) is -3.88. The molecule has 7 heteroatoms. The van der Waals surface area contributed by atoms with Gasteiger partial charge in [0.25, 0.3) is 0 Å². The van der Waals surface area contributed by atoms with E-state index in [1.165, 1.54) is 0 Å². The zero-order valence-corrected chi connectivity index (χ0v) is 12.5. The van der Waals surface area contributed by atoms with Crippen molar-refractivity contribution in [2.75, 3.05) is 6.61 Å². The van der Waals surface area contributed by atoms with Gasteiger partial charge in [-0.1, -0.05) is 12.1 Å². The average molecular weight is 357 g/mol. The van der Waals surface area contributed by atoms with Crippen LogP contribution in [0.2, 0.25) is 0 Å². The van der Waals surface area contributed by atoms with E-state index >= 15 is 0 Å². The van der Waals surface area contributed by atoms with Crippen LogP contribution in [0, 0.1) is 0 Å². The van der Waals surface area contributed by atoms with Gasteiger partial charge in [-0.25, -0.2) is 0 Å². The molecule has 106 valence electrons. The predicted octanol–water partition coefficient (Wildman–Crippen LogP) is 4.56. The van der Waals surface area contributed by atoms with E-state index in [4.69, 9.17) is 4.74 Å². The molecule has 1 rings (SSSR count). The number of ether oxygens (including phenoxy) is 1. The third-order valence-electron chi connectivity index (χ3n) is 2.17. The molecule has 0 heterocycles. The first-order valence-electron chi connectivity index (χ1n) is 5.52. The van der Waals surface area contributed by atoms with E-state index in [0.29, 0.717) is 10.0 Å². The molecule has 0 saturated heterocycles. The molecule has 0 saturated carbocycles. The van der Waals surface area contributed by atoms with Crippen molar-refractivity contribution >= 4 is 33.7 Å². The summed E-state index contributed by atoms with van der Waals surface area (Å²) in [5.74, 6) is -0.412. The maximum Gasteiger partial charge on any atom is 0.446 e. The summed E-state index contributed by atoms with van der Waals surface area (Å²) in [6, 6.07) is 4.77. The Kier molecular flexibility index (Phi) is 6.19. The second-order valence-electron chi connectivity index (χ2n) is 3.58. The number of thioether (sulfide) groups is 1. The summed E-state index contributed by atoms with van der Waals surface area (Å²) in [4.78, 5) is 11.3. The highest BCUT2D eigenvalue weighted by Gasteiger charge is 2.31. The minimum absolute atomic E-state index is 0.0652. The third kappa shape index (κ3) is 5.86. The van der Waals surface area contributed by atoms with Gasteiger partial charge in [0.1, 0.15) is 0 Å². The quantitative estimate of drug-likeness (QED) is 0.571. The smallest absolute Gasteiger partial charge is 0.446 e. The zero-order valence-electron chi connectivity index (χ0n) is 10.1. The van der Waals surface area contributed by atoms with Gasteiger partial charge in [-0.2, -0.15) is 13.2 Å². The van der Waals surface area contributed by atoms with Crippen molar-refractivity contribution in [1.82, 2.24) is 0 Å². The van der Waals surface area contributed by atoms with Crippen LogP contribution in [0.4, 0.5) is 13.2 Å². The number of benzene rings is 1. The molecule has 1 aromatic carbocycles. The summed E-state index contributed by atoms with van der Waals surface area (Å²) in [6.07, 6.45) is 0.284. The molecule has 0 N–H and O–H groups in total. The number of rotatable bonds is 5. The average Bonchev–Trinajstić information content (AvgIpc) is 2.29. The second-order valence-corrected chi connectivity index (χ2v) is 5.51. The Hall–Kier alpha value is -0.690. The maximum atomic E-state index is 12.5. The normalized spacial score (nSPS) is 11.4. The van der Waals surface area contributed by atoms with Gasteiger partial charge < -0.3 is 4.74 Å². The van der Waals surface area contributed by atoms with Crippen molar-refractivity contribution in [3.8, 4) is 0 Å². The summed E-state index contributed by atoms with van der Waals surface area (Å²) >= 11 is 2.92. The Morgan fingerprint density at radius 2 is 2.11 bits per heavy atom. The number of carbonyl (C=O) groups is 1. The van der Waals surface area contributed by atoms with Crippen molar-refractivity contribution in [2.24, 2.45) is 0 Å². The van der Waals surface area contributed by atoms with E-state index in [-0.39, 0.29) is 36.1 Å². The van der Waals surface area contributed by atoms with E-state index < -0.39 is 11.5 Å². The molecule has 0 aliphatic rings. The van der Waals surface area contributed by atoms with Gasteiger partial charge in [-0.3, -0.25) is 4.79 Å². The van der Waals surface area contributed by atoms with E-state index in [2.05, 4.69) is 15.9 Å². The van der Waals surface area contributed by atoms with E-state index in [1.807, 2.05) is 0 Å². The minimum atomic E-state index is -4.36. The maximum absolute atomic E-state index is 12.5. The molecule has 0 atom stereocenters. The monoisotopic (exact) mass is 356 g/mol. The first-order valence-corrected chi connectivity index (χ1v) is 7.13. The molecule has 19 heavy (non-hydrogen) atoms. The van der Waals surface area contributed by atoms with E-state index in [0.717, 1.165) is 0 Å². The van der Waals surface area contributed by atoms with Gasteiger partial charge in [0, 0.05) is 15.8 Å². The molecular formula is C12H12BrF3O2S. The summed E-state index contributed by atoms with van der Waals surface area (Å²) in [6.45, 7) is 1.95. The lowest BCUT2D eigenvalue weighted by Crippen LogP contribution is -2.07. The number of esters is 1.